The highest BCUT2D eigenvalue weighted by Gasteiger charge is 2.25. The van der Waals surface area contributed by atoms with Crippen molar-refractivity contribution in [2.75, 3.05) is 13.1 Å². The molecule has 0 amide bonds. The van der Waals surface area contributed by atoms with Gasteiger partial charge in [-0.1, -0.05) is 0 Å². The van der Waals surface area contributed by atoms with Crippen LogP contribution >= 0.6 is 0 Å². The molecular weight excluding hydrogens is 212 g/mol. The molecule has 94 valence electrons. The molecule has 1 aromatic rings. The number of piperidine rings is 1. The summed E-state index contributed by atoms with van der Waals surface area (Å²) in [5, 5.41) is 0. The minimum Gasteiger partial charge on any atom is -0.328 e. The van der Waals surface area contributed by atoms with E-state index in [0.29, 0.717) is 18.0 Å². The van der Waals surface area contributed by atoms with E-state index in [1.54, 1.807) is 12.4 Å². The second-order valence-corrected chi connectivity index (χ2v) is 5.04. The molecule has 17 heavy (non-hydrogen) atoms. The maximum absolute atomic E-state index is 5.96. The molecule has 4 heteroatoms. The third-order valence-corrected chi connectivity index (χ3v) is 3.88. The van der Waals surface area contributed by atoms with E-state index in [2.05, 4.69) is 28.7 Å². The maximum Gasteiger partial charge on any atom is 0.0755 e. The molecule has 4 nitrogen and oxygen atoms in total. The lowest BCUT2D eigenvalue weighted by atomic mass is 9.90. The van der Waals surface area contributed by atoms with Crippen molar-refractivity contribution in [1.82, 2.24) is 14.9 Å². The van der Waals surface area contributed by atoms with Crippen LogP contribution in [0, 0.1) is 5.92 Å². The Bertz CT molecular complexity index is 331. The average molecular weight is 234 g/mol. The number of rotatable bonds is 3. The Kier molecular flexibility index (Phi) is 4.07. The summed E-state index contributed by atoms with van der Waals surface area (Å²) in [5.74, 6) is 0.681. The van der Waals surface area contributed by atoms with Crippen LogP contribution in [0.25, 0.3) is 0 Å². The van der Waals surface area contributed by atoms with Gasteiger partial charge >= 0.3 is 0 Å². The van der Waals surface area contributed by atoms with Crippen molar-refractivity contribution < 1.29 is 0 Å². The van der Waals surface area contributed by atoms with Gasteiger partial charge in [-0.15, -0.1) is 0 Å². The summed E-state index contributed by atoms with van der Waals surface area (Å²) in [4.78, 5) is 11.0. The predicted molar refractivity (Wildman–Crippen MR) is 68.4 cm³/mol. The van der Waals surface area contributed by atoms with Crippen LogP contribution in [0.2, 0.25) is 0 Å². The molecule has 1 saturated heterocycles. The highest BCUT2D eigenvalue weighted by atomic mass is 15.2. The summed E-state index contributed by atoms with van der Waals surface area (Å²) < 4.78 is 0. The molecule has 2 rings (SSSR count). The van der Waals surface area contributed by atoms with Crippen LogP contribution in [-0.4, -0.2) is 34.0 Å². The third kappa shape index (κ3) is 3.01. The van der Waals surface area contributed by atoms with Crippen LogP contribution in [-0.2, 0) is 0 Å². The zero-order valence-electron chi connectivity index (χ0n) is 10.7. The van der Waals surface area contributed by atoms with Gasteiger partial charge in [0.15, 0.2) is 0 Å². The topological polar surface area (TPSA) is 55.0 Å². The molecule has 2 unspecified atom stereocenters. The standard InChI is InChI=1S/C13H22N4/c1-10(14)12-3-7-17(8-4-12)11(2)13-9-15-5-6-16-13/h5-6,9-12H,3-4,7-8,14H2,1-2H3. The molecule has 0 aromatic carbocycles. The molecule has 0 bridgehead atoms. The maximum atomic E-state index is 5.96. The van der Waals surface area contributed by atoms with Gasteiger partial charge in [0, 0.05) is 24.6 Å². The van der Waals surface area contributed by atoms with Crippen LogP contribution < -0.4 is 5.73 Å². The van der Waals surface area contributed by atoms with Gasteiger partial charge in [0.05, 0.1) is 11.7 Å². The van der Waals surface area contributed by atoms with Crippen molar-refractivity contribution in [3.05, 3.63) is 24.3 Å². The molecule has 0 radical (unpaired) electrons. The monoisotopic (exact) mass is 234 g/mol. The van der Waals surface area contributed by atoms with Gasteiger partial charge in [0.25, 0.3) is 0 Å². The fourth-order valence-electron chi connectivity index (χ4n) is 2.55. The number of nitrogens with two attached hydrogens (primary N) is 1. The first-order chi connectivity index (χ1) is 8.18. The number of hydrogen-bond donors (Lipinski definition) is 1. The number of hydrogen-bond acceptors (Lipinski definition) is 4. The normalized spacial score (nSPS) is 22.3. The highest BCUT2D eigenvalue weighted by Crippen LogP contribution is 2.26. The van der Waals surface area contributed by atoms with Crippen molar-refractivity contribution >= 4 is 0 Å². The quantitative estimate of drug-likeness (QED) is 0.863. The first-order valence-corrected chi connectivity index (χ1v) is 6.44. The Balaban J connectivity index is 1.93. The summed E-state index contributed by atoms with van der Waals surface area (Å²) in [6.07, 6.45) is 7.74. The average Bonchev–Trinajstić information content (AvgIpc) is 2.39. The second kappa shape index (κ2) is 5.56. The van der Waals surface area contributed by atoms with Crippen molar-refractivity contribution in [1.29, 1.82) is 0 Å². The molecular formula is C13H22N4. The molecule has 2 N–H and O–H groups in total. The minimum atomic E-state index is 0.323. The molecule has 2 heterocycles. The van der Waals surface area contributed by atoms with E-state index < -0.39 is 0 Å². The van der Waals surface area contributed by atoms with Gasteiger partial charge < -0.3 is 5.73 Å². The fraction of sp³-hybridized carbons (Fsp3) is 0.692. The SMILES string of the molecule is CC(N)C1CCN(C(C)c2cnccn2)CC1. The van der Waals surface area contributed by atoms with E-state index in [4.69, 9.17) is 5.73 Å². The lowest BCUT2D eigenvalue weighted by Gasteiger charge is -2.36. The molecule has 0 spiro atoms. The molecule has 0 saturated carbocycles. The van der Waals surface area contributed by atoms with Crippen molar-refractivity contribution in [2.45, 2.75) is 38.8 Å². The molecule has 0 aliphatic carbocycles. The van der Waals surface area contributed by atoms with Gasteiger partial charge in [0.2, 0.25) is 0 Å². The summed E-state index contributed by atoms with van der Waals surface area (Å²) in [7, 11) is 0. The zero-order chi connectivity index (χ0) is 12.3. The Morgan fingerprint density at radius 3 is 2.53 bits per heavy atom. The molecule has 1 aliphatic heterocycles. The highest BCUT2D eigenvalue weighted by molar-refractivity contribution is 5.01. The van der Waals surface area contributed by atoms with Crippen LogP contribution in [0.1, 0.15) is 38.4 Å². The largest absolute Gasteiger partial charge is 0.328 e. The van der Waals surface area contributed by atoms with E-state index >= 15 is 0 Å². The number of nitrogens with zero attached hydrogens (tertiary/aromatic N) is 3. The molecule has 1 fully saturated rings. The van der Waals surface area contributed by atoms with Crippen molar-refractivity contribution in [3.63, 3.8) is 0 Å². The van der Waals surface area contributed by atoms with Gasteiger partial charge in [-0.2, -0.15) is 0 Å². The zero-order valence-corrected chi connectivity index (χ0v) is 10.7. The van der Waals surface area contributed by atoms with Crippen LogP contribution in [0.3, 0.4) is 0 Å². The lowest BCUT2D eigenvalue weighted by molar-refractivity contribution is 0.130. The number of aromatic nitrogens is 2. The van der Waals surface area contributed by atoms with Crippen molar-refractivity contribution in [3.8, 4) is 0 Å². The van der Waals surface area contributed by atoms with Gasteiger partial charge in [0.1, 0.15) is 0 Å². The predicted octanol–water partition coefficient (Wildman–Crippen LogP) is 1.60. The summed E-state index contributed by atoms with van der Waals surface area (Å²) in [6, 6.07) is 0.682. The Labute approximate surface area is 103 Å². The van der Waals surface area contributed by atoms with Crippen LogP contribution in [0.5, 0.6) is 0 Å². The van der Waals surface area contributed by atoms with Gasteiger partial charge in [-0.25, -0.2) is 0 Å². The summed E-state index contributed by atoms with van der Waals surface area (Å²) in [5.41, 5.74) is 7.02. The first kappa shape index (κ1) is 12.5. The second-order valence-electron chi connectivity index (χ2n) is 5.04. The molecule has 1 aliphatic rings. The Morgan fingerprint density at radius 1 is 1.29 bits per heavy atom. The Morgan fingerprint density at radius 2 is 2.00 bits per heavy atom. The van der Waals surface area contributed by atoms with Crippen molar-refractivity contribution in [2.24, 2.45) is 11.7 Å². The number of likely N-dealkylation sites (tertiary alicyclic amines) is 1. The van der Waals surface area contributed by atoms with E-state index in [0.717, 1.165) is 18.8 Å². The molecule has 1 aromatic heterocycles. The summed E-state index contributed by atoms with van der Waals surface area (Å²) in [6.45, 7) is 6.55. The van der Waals surface area contributed by atoms with Gasteiger partial charge in [-0.3, -0.25) is 14.9 Å². The minimum absolute atomic E-state index is 0.323. The van der Waals surface area contributed by atoms with Gasteiger partial charge in [-0.05, 0) is 45.7 Å². The summed E-state index contributed by atoms with van der Waals surface area (Å²) >= 11 is 0. The Hall–Kier alpha value is -1.00. The van der Waals surface area contributed by atoms with Crippen LogP contribution in [0.15, 0.2) is 18.6 Å². The van der Waals surface area contributed by atoms with Crippen LogP contribution in [0.4, 0.5) is 0 Å². The van der Waals surface area contributed by atoms with E-state index in [9.17, 15) is 0 Å². The smallest absolute Gasteiger partial charge is 0.0755 e. The molecule has 2 atom stereocenters. The van der Waals surface area contributed by atoms with E-state index in [-0.39, 0.29) is 0 Å². The first-order valence-electron chi connectivity index (χ1n) is 6.44. The third-order valence-electron chi connectivity index (χ3n) is 3.88. The lowest BCUT2D eigenvalue weighted by Crippen LogP contribution is -2.40. The fourth-order valence-corrected chi connectivity index (χ4v) is 2.55. The van der Waals surface area contributed by atoms with E-state index in [1.807, 2.05) is 6.20 Å². The van der Waals surface area contributed by atoms with E-state index in [1.165, 1.54) is 12.8 Å².